The standard InChI is InChI=1S/C16H16N2O5/c1-3-23-15-8-7-12(18(20)21)10-14(15)16(19)17-11-5-4-6-13(9-11)22-2/h4-10H,3H2,1-2H3,(H,17,19). The van der Waals surface area contributed by atoms with Crippen LogP contribution in [0.15, 0.2) is 42.5 Å². The molecule has 0 fully saturated rings. The van der Waals surface area contributed by atoms with E-state index in [-0.39, 0.29) is 11.3 Å². The van der Waals surface area contributed by atoms with Gasteiger partial charge in [-0.15, -0.1) is 0 Å². The Hall–Kier alpha value is -3.09. The van der Waals surface area contributed by atoms with Crippen LogP contribution in [-0.4, -0.2) is 24.5 Å². The highest BCUT2D eigenvalue weighted by Gasteiger charge is 2.18. The molecular weight excluding hydrogens is 300 g/mol. The van der Waals surface area contributed by atoms with Crippen LogP contribution in [0.2, 0.25) is 0 Å². The van der Waals surface area contributed by atoms with Gasteiger partial charge in [0.1, 0.15) is 11.5 Å². The van der Waals surface area contributed by atoms with Crippen molar-refractivity contribution in [3.8, 4) is 11.5 Å². The number of nitrogens with zero attached hydrogens (tertiary/aromatic N) is 1. The van der Waals surface area contributed by atoms with Crippen molar-refractivity contribution < 1.29 is 19.2 Å². The molecular formula is C16H16N2O5. The summed E-state index contributed by atoms with van der Waals surface area (Å²) in [6, 6.07) is 10.7. The number of carbonyl (C=O) groups excluding carboxylic acids is 1. The summed E-state index contributed by atoms with van der Waals surface area (Å²) in [4.78, 5) is 22.8. The van der Waals surface area contributed by atoms with E-state index in [4.69, 9.17) is 9.47 Å². The lowest BCUT2D eigenvalue weighted by atomic mass is 10.1. The molecule has 0 atom stereocenters. The Morgan fingerprint density at radius 2 is 2.04 bits per heavy atom. The SMILES string of the molecule is CCOc1ccc([N+](=O)[O-])cc1C(=O)Nc1cccc(OC)c1. The topological polar surface area (TPSA) is 90.7 Å². The summed E-state index contributed by atoms with van der Waals surface area (Å²) < 4.78 is 10.5. The van der Waals surface area contributed by atoms with Gasteiger partial charge in [0.15, 0.2) is 0 Å². The first kappa shape index (κ1) is 16.3. The second-order valence-electron chi connectivity index (χ2n) is 4.56. The van der Waals surface area contributed by atoms with Crippen LogP contribution in [-0.2, 0) is 0 Å². The summed E-state index contributed by atoms with van der Waals surface area (Å²) in [5, 5.41) is 13.6. The van der Waals surface area contributed by atoms with Crippen molar-refractivity contribution in [3.63, 3.8) is 0 Å². The lowest BCUT2D eigenvalue weighted by Crippen LogP contribution is -2.14. The zero-order valence-electron chi connectivity index (χ0n) is 12.7. The second-order valence-corrected chi connectivity index (χ2v) is 4.56. The number of hydrogen-bond acceptors (Lipinski definition) is 5. The van der Waals surface area contributed by atoms with Gasteiger partial charge in [-0.1, -0.05) is 6.07 Å². The van der Waals surface area contributed by atoms with Gasteiger partial charge in [0.2, 0.25) is 0 Å². The monoisotopic (exact) mass is 316 g/mol. The van der Waals surface area contributed by atoms with Gasteiger partial charge in [-0.3, -0.25) is 14.9 Å². The number of hydrogen-bond donors (Lipinski definition) is 1. The number of amides is 1. The van der Waals surface area contributed by atoms with Crippen molar-refractivity contribution in [2.75, 3.05) is 19.0 Å². The van der Waals surface area contributed by atoms with Crippen LogP contribution in [0.5, 0.6) is 11.5 Å². The molecule has 1 amide bonds. The zero-order valence-corrected chi connectivity index (χ0v) is 12.7. The Bertz CT molecular complexity index is 730. The van der Waals surface area contributed by atoms with Crippen molar-refractivity contribution in [1.82, 2.24) is 0 Å². The zero-order chi connectivity index (χ0) is 16.8. The number of carbonyl (C=O) groups is 1. The third-order valence-electron chi connectivity index (χ3n) is 3.05. The Morgan fingerprint density at radius 1 is 1.26 bits per heavy atom. The molecule has 0 aliphatic heterocycles. The fourth-order valence-electron chi connectivity index (χ4n) is 1.99. The molecule has 0 unspecified atom stereocenters. The van der Waals surface area contributed by atoms with Gasteiger partial charge in [0.05, 0.1) is 24.2 Å². The first-order valence-corrected chi connectivity index (χ1v) is 6.91. The molecule has 23 heavy (non-hydrogen) atoms. The Labute approximate surface area is 133 Å². The third kappa shape index (κ3) is 3.97. The molecule has 1 N–H and O–H groups in total. The molecule has 7 nitrogen and oxygen atoms in total. The maximum absolute atomic E-state index is 12.4. The lowest BCUT2D eigenvalue weighted by molar-refractivity contribution is -0.384. The lowest BCUT2D eigenvalue weighted by Gasteiger charge is -2.11. The minimum Gasteiger partial charge on any atom is -0.497 e. The van der Waals surface area contributed by atoms with Gasteiger partial charge in [-0.25, -0.2) is 0 Å². The van der Waals surface area contributed by atoms with E-state index in [2.05, 4.69) is 5.32 Å². The van der Waals surface area contributed by atoms with Crippen molar-refractivity contribution in [1.29, 1.82) is 0 Å². The summed E-state index contributed by atoms with van der Waals surface area (Å²) >= 11 is 0. The van der Waals surface area contributed by atoms with Gasteiger partial charge in [-0.2, -0.15) is 0 Å². The van der Waals surface area contributed by atoms with Crippen molar-refractivity contribution >= 4 is 17.3 Å². The van der Waals surface area contributed by atoms with Gasteiger partial charge in [0.25, 0.3) is 11.6 Å². The third-order valence-corrected chi connectivity index (χ3v) is 3.05. The number of benzene rings is 2. The van der Waals surface area contributed by atoms with Crippen LogP contribution in [0.25, 0.3) is 0 Å². The smallest absolute Gasteiger partial charge is 0.270 e. The van der Waals surface area contributed by atoms with E-state index in [1.807, 2.05) is 0 Å². The van der Waals surface area contributed by atoms with Crippen LogP contribution < -0.4 is 14.8 Å². The highest BCUT2D eigenvalue weighted by Crippen LogP contribution is 2.26. The van der Waals surface area contributed by atoms with E-state index < -0.39 is 10.8 Å². The Morgan fingerprint density at radius 3 is 2.70 bits per heavy atom. The average Bonchev–Trinajstić information content (AvgIpc) is 2.55. The highest BCUT2D eigenvalue weighted by molar-refractivity contribution is 6.06. The molecule has 120 valence electrons. The minimum atomic E-state index is -0.557. The molecule has 7 heteroatoms. The first-order valence-electron chi connectivity index (χ1n) is 6.91. The molecule has 0 heterocycles. The number of methoxy groups -OCH3 is 1. The minimum absolute atomic E-state index is 0.101. The molecule has 0 aliphatic rings. The number of nitrogens with one attached hydrogen (secondary N) is 1. The fraction of sp³-hybridized carbons (Fsp3) is 0.188. The van der Waals surface area contributed by atoms with Crippen LogP contribution in [0.4, 0.5) is 11.4 Å². The number of ether oxygens (including phenoxy) is 2. The summed E-state index contributed by atoms with van der Waals surface area (Å²) in [7, 11) is 1.52. The van der Waals surface area contributed by atoms with Crippen LogP contribution in [0.3, 0.4) is 0 Å². The van der Waals surface area contributed by atoms with Crippen LogP contribution in [0.1, 0.15) is 17.3 Å². The molecule has 2 rings (SSSR count). The Balaban J connectivity index is 2.32. The molecule has 0 saturated heterocycles. The molecule has 0 saturated carbocycles. The summed E-state index contributed by atoms with van der Waals surface area (Å²) in [6.45, 7) is 2.11. The fourth-order valence-corrected chi connectivity index (χ4v) is 1.99. The van der Waals surface area contributed by atoms with E-state index in [0.29, 0.717) is 23.8 Å². The van der Waals surface area contributed by atoms with Crippen molar-refractivity contribution in [3.05, 3.63) is 58.1 Å². The van der Waals surface area contributed by atoms with E-state index in [9.17, 15) is 14.9 Å². The highest BCUT2D eigenvalue weighted by atomic mass is 16.6. The predicted molar refractivity (Wildman–Crippen MR) is 85.2 cm³/mol. The molecule has 2 aromatic rings. The molecule has 2 aromatic carbocycles. The molecule has 0 aromatic heterocycles. The van der Waals surface area contributed by atoms with Gasteiger partial charge in [0, 0.05) is 23.9 Å². The van der Waals surface area contributed by atoms with E-state index in [1.165, 1.54) is 25.3 Å². The quantitative estimate of drug-likeness (QED) is 0.652. The molecule has 0 spiro atoms. The van der Waals surface area contributed by atoms with E-state index in [1.54, 1.807) is 31.2 Å². The molecule has 0 radical (unpaired) electrons. The number of non-ortho nitro benzene ring substituents is 1. The maximum Gasteiger partial charge on any atom is 0.270 e. The van der Waals surface area contributed by atoms with Crippen molar-refractivity contribution in [2.24, 2.45) is 0 Å². The summed E-state index contributed by atoms with van der Waals surface area (Å²) in [6.07, 6.45) is 0. The predicted octanol–water partition coefficient (Wildman–Crippen LogP) is 3.25. The Kier molecular flexibility index (Phi) is 5.14. The van der Waals surface area contributed by atoms with Crippen molar-refractivity contribution in [2.45, 2.75) is 6.92 Å². The molecule has 0 bridgehead atoms. The van der Waals surface area contributed by atoms with Gasteiger partial charge in [-0.05, 0) is 25.1 Å². The average molecular weight is 316 g/mol. The van der Waals surface area contributed by atoms with Crippen LogP contribution >= 0.6 is 0 Å². The van der Waals surface area contributed by atoms with Gasteiger partial charge >= 0.3 is 0 Å². The first-order chi connectivity index (χ1) is 11.0. The summed E-state index contributed by atoms with van der Waals surface area (Å²) in [5.41, 5.74) is 0.441. The van der Waals surface area contributed by atoms with Gasteiger partial charge < -0.3 is 14.8 Å². The largest absolute Gasteiger partial charge is 0.497 e. The summed E-state index contributed by atoms with van der Waals surface area (Å²) in [5.74, 6) is 0.385. The van der Waals surface area contributed by atoms with E-state index in [0.717, 1.165) is 0 Å². The number of rotatable bonds is 6. The number of nitro benzene ring substituents is 1. The molecule has 0 aliphatic carbocycles. The second kappa shape index (κ2) is 7.26. The van der Waals surface area contributed by atoms with E-state index >= 15 is 0 Å². The number of anilines is 1. The maximum atomic E-state index is 12.4. The normalized spacial score (nSPS) is 10.0. The number of nitro groups is 1. The van der Waals surface area contributed by atoms with Crippen LogP contribution in [0, 0.1) is 10.1 Å².